The number of benzene rings is 4. The first-order valence-electron chi connectivity index (χ1n) is 18.2. The third-order valence-corrected chi connectivity index (χ3v) is 13.1. The Kier molecular flexibility index (Phi) is 9.46. The maximum absolute atomic E-state index is 15.2. The zero-order valence-corrected chi connectivity index (χ0v) is 34.2. The first kappa shape index (κ1) is 36.2. The molecule has 0 bridgehead atoms. The van der Waals surface area contributed by atoms with Gasteiger partial charge in [0.25, 0.3) is 0 Å². The molecule has 0 N–H and O–H groups in total. The average molecular weight is 761 g/mol. The van der Waals surface area contributed by atoms with E-state index in [0.29, 0.717) is 5.56 Å². The van der Waals surface area contributed by atoms with Crippen molar-refractivity contribution in [3.8, 4) is 42.6 Å². The van der Waals surface area contributed by atoms with Gasteiger partial charge in [-0.15, -0.1) is 31.9 Å². The number of halogens is 1. The molecule has 54 heavy (non-hydrogen) atoms. The van der Waals surface area contributed by atoms with Gasteiger partial charge in [0.1, 0.15) is 5.82 Å². The lowest BCUT2D eigenvalue weighted by Crippen LogP contribution is -2.13. The van der Waals surface area contributed by atoms with E-state index in [4.69, 9.17) is 9.97 Å². The Morgan fingerprint density at radius 3 is 1.74 bits per heavy atom. The molecule has 4 heterocycles. The predicted molar refractivity (Wildman–Crippen MR) is 237 cm³/mol. The zero-order chi connectivity index (χ0) is 37.8. The minimum absolute atomic E-state index is 0.132. The summed E-state index contributed by atoms with van der Waals surface area (Å²) in [5.74, 6) is -0.238. The van der Waals surface area contributed by atoms with Crippen LogP contribution in [0.4, 0.5) is 4.39 Å². The van der Waals surface area contributed by atoms with Crippen molar-refractivity contribution in [1.29, 1.82) is 0 Å². The highest BCUT2D eigenvalue weighted by Gasteiger charge is 2.21. The molecular weight excluding hydrogens is 719 g/mol. The van der Waals surface area contributed by atoms with Crippen LogP contribution < -0.4 is 5.30 Å². The molecule has 0 aliphatic rings. The van der Waals surface area contributed by atoms with Crippen molar-refractivity contribution in [2.24, 2.45) is 0 Å². The molecule has 2 nitrogen and oxygen atoms in total. The quantitative estimate of drug-likeness (QED) is 0.125. The van der Waals surface area contributed by atoms with Crippen LogP contribution in [0.15, 0.2) is 121 Å². The highest BCUT2D eigenvalue weighted by molar-refractivity contribution is 7.28. The van der Waals surface area contributed by atoms with Crippen LogP contribution in [0.5, 0.6) is 0 Å². The summed E-state index contributed by atoms with van der Waals surface area (Å²) in [6.45, 7) is 13.2. The van der Waals surface area contributed by atoms with E-state index >= 15 is 4.39 Å². The van der Waals surface area contributed by atoms with Gasteiger partial charge < -0.3 is 0 Å². The summed E-state index contributed by atoms with van der Waals surface area (Å²) in [6, 6.07) is 41.5. The minimum atomic E-state index is -0.238. The topological polar surface area (TPSA) is 25.8 Å². The standard InChI is InChI=1S/C48H42FN2PS2/c1-47(2,3)45-28-34(31-11-7-9-13-37(31)49)36-26-30(18-20-39(36)51-45)16-15-29-17-19-38-35(25-29)33(32-12-8-10-14-41(32)52)27-40(50-38)42-21-22-43(53-42)44-23-24-46(54-44)48(4,5)6/h7-28H,52H2,1-6H3/b16-15+. The molecule has 0 saturated carbocycles. The fourth-order valence-corrected chi connectivity index (χ4v) is 9.23. The zero-order valence-electron chi connectivity index (χ0n) is 31.4. The normalized spacial score (nSPS) is 12.4. The van der Waals surface area contributed by atoms with Crippen LogP contribution in [0.2, 0.25) is 0 Å². The summed E-state index contributed by atoms with van der Waals surface area (Å²) < 4.78 is 15.2. The number of aromatic nitrogens is 2. The van der Waals surface area contributed by atoms with Crippen LogP contribution in [0.3, 0.4) is 0 Å². The Bertz CT molecular complexity index is 2720. The van der Waals surface area contributed by atoms with Crippen molar-refractivity contribution in [1.82, 2.24) is 9.97 Å². The third kappa shape index (κ3) is 7.21. The number of pyridine rings is 2. The Balaban J connectivity index is 1.19. The molecule has 0 saturated heterocycles. The average Bonchev–Trinajstić information content (AvgIpc) is 3.85. The summed E-state index contributed by atoms with van der Waals surface area (Å²) in [5, 5.41) is 3.16. The Hall–Kier alpha value is -4.80. The van der Waals surface area contributed by atoms with Gasteiger partial charge in [0.2, 0.25) is 0 Å². The SMILES string of the molecule is CC(C)(C)c1cc(-c2ccccc2F)c2cc(/C=C/c3ccc4nc(-c5ccc(-c6ccc(C(C)(C)C)s6)s5)cc(-c5ccccc5P)c4c3)ccc2n1. The predicted octanol–water partition coefficient (Wildman–Crippen LogP) is 14.0. The van der Waals surface area contributed by atoms with Gasteiger partial charge in [-0.3, -0.25) is 4.98 Å². The fourth-order valence-electron chi connectivity index (χ4n) is 6.75. The van der Waals surface area contributed by atoms with Gasteiger partial charge in [-0.2, -0.15) is 0 Å². The van der Waals surface area contributed by atoms with E-state index in [1.807, 2.05) is 35.6 Å². The Labute approximate surface area is 327 Å². The molecule has 0 fully saturated rings. The van der Waals surface area contributed by atoms with Crippen LogP contribution in [-0.4, -0.2) is 9.97 Å². The van der Waals surface area contributed by atoms with Gasteiger partial charge in [0, 0.05) is 42.1 Å². The molecule has 4 aromatic heterocycles. The minimum Gasteiger partial charge on any atom is -0.252 e. The molecule has 268 valence electrons. The molecule has 1 unspecified atom stereocenters. The number of hydrogen-bond donors (Lipinski definition) is 0. The van der Waals surface area contributed by atoms with Crippen LogP contribution >= 0.6 is 31.9 Å². The number of thiophene rings is 2. The second-order valence-electron chi connectivity index (χ2n) is 15.9. The lowest BCUT2D eigenvalue weighted by Gasteiger charge is -2.20. The van der Waals surface area contributed by atoms with E-state index in [2.05, 4.69) is 148 Å². The molecule has 0 amide bonds. The van der Waals surface area contributed by atoms with Gasteiger partial charge in [0.15, 0.2) is 0 Å². The maximum atomic E-state index is 15.2. The van der Waals surface area contributed by atoms with Crippen molar-refractivity contribution in [3.05, 3.63) is 149 Å². The van der Waals surface area contributed by atoms with Crippen molar-refractivity contribution >= 4 is 71.2 Å². The molecule has 1 atom stereocenters. The summed E-state index contributed by atoms with van der Waals surface area (Å²) >= 11 is 3.67. The smallest absolute Gasteiger partial charge is 0.131 e. The van der Waals surface area contributed by atoms with Crippen molar-refractivity contribution in [3.63, 3.8) is 0 Å². The highest BCUT2D eigenvalue weighted by Crippen LogP contribution is 2.42. The number of fused-ring (bicyclic) bond motifs is 2. The Morgan fingerprint density at radius 1 is 0.537 bits per heavy atom. The monoisotopic (exact) mass is 760 g/mol. The van der Waals surface area contributed by atoms with Gasteiger partial charge in [-0.1, -0.05) is 108 Å². The third-order valence-electron chi connectivity index (χ3n) is 9.76. The molecular formula is C48H42FN2PS2. The second kappa shape index (κ2) is 14.1. The van der Waals surface area contributed by atoms with Crippen LogP contribution in [0.1, 0.15) is 63.2 Å². The second-order valence-corrected chi connectivity index (χ2v) is 18.7. The molecule has 4 aromatic carbocycles. The van der Waals surface area contributed by atoms with E-state index < -0.39 is 0 Å². The van der Waals surface area contributed by atoms with Gasteiger partial charge >= 0.3 is 0 Å². The summed E-state index contributed by atoms with van der Waals surface area (Å²) in [7, 11) is 2.91. The van der Waals surface area contributed by atoms with Crippen LogP contribution in [0.25, 0.3) is 76.5 Å². The molecule has 0 aliphatic heterocycles. The lowest BCUT2D eigenvalue weighted by atomic mass is 9.88. The van der Waals surface area contributed by atoms with E-state index in [1.165, 1.54) is 26.3 Å². The van der Waals surface area contributed by atoms with Gasteiger partial charge in [-0.05, 0) is 105 Å². The fraction of sp³-hybridized carbons (Fsp3) is 0.167. The molecule has 0 aliphatic carbocycles. The number of nitrogens with zero attached hydrogens (tertiary/aromatic N) is 2. The van der Waals surface area contributed by atoms with Crippen LogP contribution in [0, 0.1) is 5.82 Å². The van der Waals surface area contributed by atoms with Crippen molar-refractivity contribution in [2.75, 3.05) is 0 Å². The highest BCUT2D eigenvalue weighted by atomic mass is 32.1. The number of hydrogen-bond acceptors (Lipinski definition) is 4. The number of rotatable bonds is 6. The van der Waals surface area contributed by atoms with Gasteiger partial charge in [0.05, 0.1) is 21.6 Å². The first-order valence-corrected chi connectivity index (χ1v) is 20.4. The Morgan fingerprint density at radius 2 is 1.11 bits per heavy atom. The lowest BCUT2D eigenvalue weighted by molar-refractivity contribution is 0.571. The molecule has 0 radical (unpaired) electrons. The van der Waals surface area contributed by atoms with E-state index in [9.17, 15) is 0 Å². The molecule has 0 spiro atoms. The largest absolute Gasteiger partial charge is 0.252 e. The van der Waals surface area contributed by atoms with Crippen molar-refractivity contribution in [2.45, 2.75) is 52.4 Å². The summed E-state index contributed by atoms with van der Waals surface area (Å²) in [5.41, 5.74) is 9.52. The molecule has 6 heteroatoms. The van der Waals surface area contributed by atoms with E-state index in [0.717, 1.165) is 65.6 Å². The van der Waals surface area contributed by atoms with E-state index in [-0.39, 0.29) is 16.6 Å². The molecule has 8 aromatic rings. The van der Waals surface area contributed by atoms with Gasteiger partial charge in [-0.25, -0.2) is 9.37 Å². The summed E-state index contributed by atoms with van der Waals surface area (Å²) in [6.07, 6.45) is 4.26. The van der Waals surface area contributed by atoms with Crippen LogP contribution in [-0.2, 0) is 10.8 Å². The van der Waals surface area contributed by atoms with E-state index in [1.54, 1.807) is 17.4 Å². The first-order chi connectivity index (χ1) is 25.8. The molecule has 8 rings (SSSR count). The summed E-state index contributed by atoms with van der Waals surface area (Å²) in [4.78, 5) is 15.3. The van der Waals surface area contributed by atoms with Crippen molar-refractivity contribution < 1.29 is 4.39 Å². The maximum Gasteiger partial charge on any atom is 0.131 e.